The van der Waals surface area contributed by atoms with Crippen LogP contribution in [0.3, 0.4) is 0 Å². The lowest BCUT2D eigenvalue weighted by Crippen LogP contribution is -2.63. The van der Waals surface area contributed by atoms with Gasteiger partial charge in [-0.3, -0.25) is 4.79 Å². The lowest BCUT2D eigenvalue weighted by Gasteiger charge is -2.46. The summed E-state index contributed by atoms with van der Waals surface area (Å²) in [5, 5.41) is 106. The highest BCUT2D eigenvalue weighted by molar-refractivity contribution is 5.88. The number of methoxy groups -OCH3 is 2. The maximum absolute atomic E-state index is 13.5. The lowest BCUT2D eigenvalue weighted by atomic mass is 9.89. The van der Waals surface area contributed by atoms with Crippen LogP contribution in [0.4, 0.5) is 0 Å². The van der Waals surface area contributed by atoms with E-state index in [1.807, 2.05) is 0 Å². The third kappa shape index (κ3) is 8.19. The van der Waals surface area contributed by atoms with Crippen LogP contribution < -0.4 is 14.9 Å². The van der Waals surface area contributed by atoms with Gasteiger partial charge >= 0.3 is 5.97 Å². The fourth-order valence-corrected chi connectivity index (χ4v) is 6.53. The van der Waals surface area contributed by atoms with Crippen molar-refractivity contribution in [2.45, 2.75) is 61.2 Å². The Hall–Kier alpha value is -5.48. The molecular formula is C38H40O19. The molecule has 6 rings (SSSR count). The largest absolute Gasteiger partial charge is 0.507 e. The predicted molar refractivity (Wildman–Crippen MR) is 192 cm³/mol. The molecule has 10 unspecified atom stereocenters. The van der Waals surface area contributed by atoms with Crippen molar-refractivity contribution in [2.75, 3.05) is 27.4 Å². The third-order valence-electron chi connectivity index (χ3n) is 9.59. The van der Waals surface area contributed by atoms with Crippen molar-refractivity contribution < 1.29 is 88.7 Å². The smallest absolute Gasteiger partial charge is 0.330 e. The first-order valence-corrected chi connectivity index (χ1v) is 17.3. The summed E-state index contributed by atoms with van der Waals surface area (Å²) in [4.78, 5) is 26.0. The molecule has 306 valence electrons. The number of aliphatic hydroxyl groups excluding tert-OH is 6. The van der Waals surface area contributed by atoms with Crippen molar-refractivity contribution in [3.05, 3.63) is 76.0 Å². The average molecular weight is 801 g/mol. The first kappa shape index (κ1) is 41.2. The minimum Gasteiger partial charge on any atom is -0.507 e. The molecule has 0 amide bonds. The zero-order valence-corrected chi connectivity index (χ0v) is 30.1. The highest BCUT2D eigenvalue weighted by Crippen LogP contribution is 2.46. The predicted octanol–water partition coefficient (Wildman–Crippen LogP) is -0.0970. The summed E-state index contributed by atoms with van der Waals surface area (Å²) in [7, 11) is 2.66. The number of ether oxygens (including phenoxy) is 6. The molecule has 0 saturated carbocycles. The van der Waals surface area contributed by atoms with E-state index in [4.69, 9.17) is 32.8 Å². The number of rotatable bonds is 11. The molecule has 2 aliphatic rings. The molecule has 1 aromatic heterocycles. The molecule has 19 nitrogen and oxygen atoms in total. The summed E-state index contributed by atoms with van der Waals surface area (Å²) in [6.45, 7) is -1.58. The van der Waals surface area contributed by atoms with Gasteiger partial charge in [-0.15, -0.1) is 0 Å². The Bertz CT molecular complexity index is 2180. The summed E-state index contributed by atoms with van der Waals surface area (Å²) < 4.78 is 38.4. The van der Waals surface area contributed by atoms with Crippen LogP contribution in [0.2, 0.25) is 0 Å². The van der Waals surface area contributed by atoms with E-state index in [-0.39, 0.29) is 39.9 Å². The van der Waals surface area contributed by atoms with Crippen LogP contribution >= 0.6 is 0 Å². The number of phenols is 4. The van der Waals surface area contributed by atoms with Crippen LogP contribution in [0, 0.1) is 0 Å². The minimum atomic E-state index is -2.04. The van der Waals surface area contributed by atoms with E-state index >= 15 is 0 Å². The number of fused-ring (bicyclic) bond motifs is 1. The Labute approximate surface area is 321 Å². The molecule has 57 heavy (non-hydrogen) atoms. The van der Waals surface area contributed by atoms with Gasteiger partial charge in [0.1, 0.15) is 89.8 Å². The normalized spacial score (nSPS) is 27.7. The molecule has 19 heteroatoms. The maximum atomic E-state index is 13.5. The van der Waals surface area contributed by atoms with Crippen LogP contribution in [0.25, 0.3) is 28.4 Å². The second kappa shape index (κ2) is 16.9. The number of esters is 1. The molecule has 10 atom stereocenters. The van der Waals surface area contributed by atoms with Crippen LogP contribution in [-0.2, 0) is 23.7 Å². The van der Waals surface area contributed by atoms with Gasteiger partial charge in [0.25, 0.3) is 0 Å². The topological polar surface area (TPSA) is 305 Å². The Balaban J connectivity index is 1.27. The van der Waals surface area contributed by atoms with Crippen molar-refractivity contribution in [2.24, 2.45) is 0 Å². The molecule has 3 heterocycles. The summed E-state index contributed by atoms with van der Waals surface area (Å²) in [6, 6.07) is 10.4. The van der Waals surface area contributed by atoms with E-state index in [2.05, 4.69) is 0 Å². The van der Waals surface area contributed by atoms with Crippen molar-refractivity contribution in [1.82, 2.24) is 0 Å². The number of carbonyl (C=O) groups is 1. The summed E-state index contributed by atoms with van der Waals surface area (Å²) in [5.41, 5.74) is -0.952. The van der Waals surface area contributed by atoms with E-state index in [0.717, 1.165) is 18.2 Å². The Morgan fingerprint density at radius 1 is 0.772 bits per heavy atom. The molecule has 0 radical (unpaired) electrons. The van der Waals surface area contributed by atoms with Crippen LogP contribution in [0.5, 0.6) is 34.5 Å². The van der Waals surface area contributed by atoms with Crippen molar-refractivity contribution in [1.29, 1.82) is 0 Å². The molecule has 3 aromatic carbocycles. The zero-order chi connectivity index (χ0) is 41.3. The van der Waals surface area contributed by atoms with Crippen molar-refractivity contribution in [3.63, 3.8) is 0 Å². The summed E-state index contributed by atoms with van der Waals surface area (Å²) in [5.74, 6) is -2.73. The number of aliphatic hydroxyl groups is 6. The molecule has 2 saturated heterocycles. The highest BCUT2D eigenvalue weighted by Gasteiger charge is 2.52. The minimum absolute atomic E-state index is 0.0372. The SMILES string of the molecule is COc1cc(/C=C/C(=O)OCC2OC(OC3C(c4c(O)cc5oc(-c6ccc(O)c(OC)c6)cc(=O)c5c4O)OC(CO)C(O)C3O)C(O)C(O)C2O)ccc1O. The van der Waals surface area contributed by atoms with Gasteiger partial charge in [-0.25, -0.2) is 4.79 Å². The Kier molecular flexibility index (Phi) is 12.2. The molecule has 0 spiro atoms. The second-order valence-corrected chi connectivity index (χ2v) is 13.2. The number of carbonyl (C=O) groups excluding carboxylic acids is 1. The van der Waals surface area contributed by atoms with Crippen LogP contribution in [0.1, 0.15) is 17.2 Å². The lowest BCUT2D eigenvalue weighted by molar-refractivity contribution is -0.342. The summed E-state index contributed by atoms with van der Waals surface area (Å²) in [6.07, 6.45) is -16.2. The first-order chi connectivity index (χ1) is 27.2. The molecule has 0 bridgehead atoms. The van der Waals surface area contributed by atoms with Crippen molar-refractivity contribution >= 4 is 23.0 Å². The first-order valence-electron chi connectivity index (χ1n) is 17.3. The van der Waals surface area contributed by atoms with E-state index in [9.17, 15) is 60.7 Å². The number of hydrogen-bond acceptors (Lipinski definition) is 19. The molecule has 0 aliphatic carbocycles. The van der Waals surface area contributed by atoms with Gasteiger partial charge in [0.2, 0.25) is 0 Å². The van der Waals surface area contributed by atoms with Gasteiger partial charge < -0.3 is 83.9 Å². The number of aromatic hydroxyl groups is 4. The van der Waals surface area contributed by atoms with E-state index in [1.165, 1.54) is 56.7 Å². The van der Waals surface area contributed by atoms with E-state index in [1.54, 1.807) is 0 Å². The van der Waals surface area contributed by atoms with E-state index in [0.29, 0.717) is 5.56 Å². The molecular weight excluding hydrogens is 760 g/mol. The second-order valence-electron chi connectivity index (χ2n) is 13.2. The number of hydrogen-bond donors (Lipinski definition) is 10. The monoisotopic (exact) mass is 800 g/mol. The van der Waals surface area contributed by atoms with Crippen LogP contribution in [-0.4, -0.2) is 140 Å². The molecule has 4 aromatic rings. The molecule has 2 fully saturated rings. The average Bonchev–Trinajstić information content (AvgIpc) is 3.19. The van der Waals surface area contributed by atoms with Gasteiger partial charge in [0.15, 0.2) is 34.7 Å². The van der Waals surface area contributed by atoms with Gasteiger partial charge in [-0.1, -0.05) is 6.07 Å². The fourth-order valence-electron chi connectivity index (χ4n) is 6.53. The number of benzene rings is 3. The fraction of sp³-hybridized carbons (Fsp3) is 0.368. The zero-order valence-electron chi connectivity index (χ0n) is 30.1. The number of phenolic OH excluding ortho intramolecular Hbond substituents is 4. The van der Waals surface area contributed by atoms with E-state index < -0.39 is 108 Å². The Morgan fingerprint density at radius 3 is 2.12 bits per heavy atom. The van der Waals surface area contributed by atoms with Gasteiger partial charge in [-0.05, 0) is 42.0 Å². The third-order valence-corrected chi connectivity index (χ3v) is 9.59. The maximum Gasteiger partial charge on any atom is 0.330 e. The highest BCUT2D eigenvalue weighted by atomic mass is 16.7. The van der Waals surface area contributed by atoms with Crippen LogP contribution in [0.15, 0.2) is 63.8 Å². The van der Waals surface area contributed by atoms with Crippen molar-refractivity contribution in [3.8, 4) is 45.8 Å². The van der Waals surface area contributed by atoms with Gasteiger partial charge in [0, 0.05) is 23.8 Å². The van der Waals surface area contributed by atoms with Gasteiger partial charge in [0.05, 0.1) is 26.4 Å². The van der Waals surface area contributed by atoms with Gasteiger partial charge in [-0.2, -0.15) is 0 Å². The molecule has 10 N–H and O–H groups in total. The Morgan fingerprint density at radius 2 is 1.44 bits per heavy atom. The molecule has 2 aliphatic heterocycles. The standard InChI is InChI=1S/C38H40O19/c1-51-22-9-15(3-6-17(22)40)4-8-27(44)53-14-26-31(46)33(48)35(50)38(56-26)57-37-34(49)30(45)25(13-39)55-36(37)29-20(43)12-24-28(32(29)47)19(42)11-21(54-24)16-5-7-18(41)23(10-16)52-2/h3-12,25-26,30-31,33-41,43,45-50H,13-14H2,1-2H3/b8-4+. The quantitative estimate of drug-likeness (QED) is 0.0700. The summed E-state index contributed by atoms with van der Waals surface area (Å²) >= 11 is 0.